The molecule has 0 bridgehead atoms. The number of rotatable bonds is 2. The molecule has 3 aromatic rings. The molecular weight excluding hydrogens is 280 g/mol. The Bertz CT molecular complexity index is 903. The molecule has 3 rings (SSSR count). The Morgan fingerprint density at radius 2 is 1.61 bits per heavy atom. The van der Waals surface area contributed by atoms with Crippen molar-refractivity contribution in [3.05, 3.63) is 82.8 Å². The lowest BCUT2D eigenvalue weighted by Gasteiger charge is -2.15. The summed E-state index contributed by atoms with van der Waals surface area (Å²) in [7, 11) is 0. The van der Waals surface area contributed by atoms with Crippen LogP contribution in [-0.2, 0) is 0 Å². The molecule has 0 saturated heterocycles. The summed E-state index contributed by atoms with van der Waals surface area (Å²) in [6.07, 6.45) is 1.93. The van der Waals surface area contributed by atoms with Crippen LogP contribution in [0.25, 0.3) is 27.2 Å². The molecule has 0 fully saturated rings. The SMILES string of the molecule is [C-]#[N+]c1ccc(C)c(-c2cnc(-c3ccccc3)c(C)c2C)c1. The average molecular weight is 298 g/mol. The fourth-order valence-electron chi connectivity index (χ4n) is 2.83. The topological polar surface area (TPSA) is 17.2 Å². The minimum atomic E-state index is 0.662. The number of hydrogen-bond acceptors (Lipinski definition) is 1. The van der Waals surface area contributed by atoms with Gasteiger partial charge in [-0.1, -0.05) is 42.5 Å². The summed E-state index contributed by atoms with van der Waals surface area (Å²) in [5.41, 5.74) is 8.56. The molecule has 0 aliphatic carbocycles. The van der Waals surface area contributed by atoms with Gasteiger partial charge in [-0.25, -0.2) is 4.85 Å². The second kappa shape index (κ2) is 6.06. The number of hydrogen-bond donors (Lipinski definition) is 0. The molecule has 0 atom stereocenters. The Kier molecular flexibility index (Phi) is 3.95. The van der Waals surface area contributed by atoms with E-state index in [1.54, 1.807) is 0 Å². The molecule has 1 heterocycles. The van der Waals surface area contributed by atoms with Crippen LogP contribution in [0, 0.1) is 27.3 Å². The summed E-state index contributed by atoms with van der Waals surface area (Å²) >= 11 is 0. The van der Waals surface area contributed by atoms with Crippen LogP contribution in [-0.4, -0.2) is 4.98 Å². The van der Waals surface area contributed by atoms with E-state index in [0.29, 0.717) is 5.69 Å². The van der Waals surface area contributed by atoms with Crippen molar-refractivity contribution in [1.29, 1.82) is 0 Å². The van der Waals surface area contributed by atoms with Gasteiger partial charge in [0, 0.05) is 17.3 Å². The van der Waals surface area contributed by atoms with E-state index in [2.05, 4.69) is 37.7 Å². The van der Waals surface area contributed by atoms with E-state index in [-0.39, 0.29) is 0 Å². The number of nitrogens with zero attached hydrogens (tertiary/aromatic N) is 2. The maximum absolute atomic E-state index is 7.23. The molecule has 2 nitrogen and oxygen atoms in total. The summed E-state index contributed by atoms with van der Waals surface area (Å²) in [4.78, 5) is 8.25. The van der Waals surface area contributed by atoms with Crippen LogP contribution in [0.2, 0.25) is 0 Å². The predicted molar refractivity (Wildman–Crippen MR) is 95.6 cm³/mol. The Labute approximate surface area is 137 Å². The number of aromatic nitrogens is 1. The molecule has 2 heteroatoms. The van der Waals surface area contributed by atoms with E-state index >= 15 is 0 Å². The minimum Gasteiger partial charge on any atom is -0.255 e. The molecular formula is C21H18N2. The average Bonchev–Trinajstić information content (AvgIpc) is 2.59. The predicted octanol–water partition coefficient (Wildman–Crippen LogP) is 5.89. The molecule has 0 aliphatic heterocycles. The molecule has 0 saturated carbocycles. The molecule has 0 amide bonds. The van der Waals surface area contributed by atoms with Gasteiger partial charge in [-0.3, -0.25) is 4.98 Å². The van der Waals surface area contributed by atoms with Crippen LogP contribution in [0.15, 0.2) is 54.7 Å². The molecule has 0 N–H and O–H groups in total. The van der Waals surface area contributed by atoms with Crippen LogP contribution in [0.4, 0.5) is 5.69 Å². The van der Waals surface area contributed by atoms with E-state index in [0.717, 1.165) is 27.9 Å². The van der Waals surface area contributed by atoms with Crippen molar-refractivity contribution in [1.82, 2.24) is 4.98 Å². The zero-order chi connectivity index (χ0) is 16.4. The summed E-state index contributed by atoms with van der Waals surface area (Å²) in [6.45, 7) is 13.5. The third-order valence-electron chi connectivity index (χ3n) is 4.33. The third-order valence-corrected chi connectivity index (χ3v) is 4.33. The van der Waals surface area contributed by atoms with E-state index < -0.39 is 0 Å². The smallest absolute Gasteiger partial charge is 0.187 e. The van der Waals surface area contributed by atoms with Crippen molar-refractivity contribution in [3.63, 3.8) is 0 Å². The van der Waals surface area contributed by atoms with Gasteiger partial charge in [-0.05, 0) is 49.1 Å². The van der Waals surface area contributed by atoms with Crippen molar-refractivity contribution in [2.75, 3.05) is 0 Å². The van der Waals surface area contributed by atoms with Crippen LogP contribution in [0.3, 0.4) is 0 Å². The van der Waals surface area contributed by atoms with E-state index in [9.17, 15) is 0 Å². The van der Waals surface area contributed by atoms with Crippen molar-refractivity contribution in [2.45, 2.75) is 20.8 Å². The van der Waals surface area contributed by atoms with Crippen molar-refractivity contribution >= 4 is 5.69 Å². The Morgan fingerprint density at radius 1 is 0.870 bits per heavy atom. The van der Waals surface area contributed by atoms with Gasteiger partial charge >= 0.3 is 0 Å². The highest BCUT2D eigenvalue weighted by atomic mass is 14.7. The molecule has 0 aliphatic rings. The molecule has 0 unspecified atom stereocenters. The van der Waals surface area contributed by atoms with Gasteiger partial charge in [0.15, 0.2) is 5.69 Å². The van der Waals surface area contributed by atoms with Crippen molar-refractivity contribution in [2.24, 2.45) is 0 Å². The highest BCUT2D eigenvalue weighted by molar-refractivity contribution is 5.77. The Morgan fingerprint density at radius 3 is 2.30 bits per heavy atom. The standard InChI is InChI=1S/C21H18N2/c1-14-10-11-18(22-4)12-19(14)20-13-23-21(16(3)15(20)2)17-8-6-5-7-9-17/h5-13H,1-3H3. The highest BCUT2D eigenvalue weighted by Gasteiger charge is 2.12. The molecule has 2 aromatic carbocycles. The van der Waals surface area contributed by atoms with E-state index in [4.69, 9.17) is 11.6 Å². The van der Waals surface area contributed by atoms with Gasteiger partial charge in [0.25, 0.3) is 0 Å². The summed E-state index contributed by atoms with van der Waals surface area (Å²) in [5.74, 6) is 0. The van der Waals surface area contributed by atoms with Gasteiger partial charge in [-0.15, -0.1) is 0 Å². The first-order valence-corrected chi connectivity index (χ1v) is 7.62. The van der Waals surface area contributed by atoms with Crippen LogP contribution in [0.5, 0.6) is 0 Å². The first-order chi connectivity index (χ1) is 11.1. The van der Waals surface area contributed by atoms with Gasteiger partial charge in [0.2, 0.25) is 0 Å². The van der Waals surface area contributed by atoms with E-state index in [1.165, 1.54) is 11.1 Å². The van der Waals surface area contributed by atoms with Crippen LogP contribution < -0.4 is 0 Å². The fourth-order valence-corrected chi connectivity index (χ4v) is 2.83. The zero-order valence-corrected chi connectivity index (χ0v) is 13.6. The molecule has 0 radical (unpaired) electrons. The summed E-state index contributed by atoms with van der Waals surface area (Å²) in [5, 5.41) is 0. The lowest BCUT2D eigenvalue weighted by atomic mass is 9.93. The van der Waals surface area contributed by atoms with Gasteiger partial charge in [-0.2, -0.15) is 0 Å². The quantitative estimate of drug-likeness (QED) is 0.539. The van der Waals surface area contributed by atoms with Crippen molar-refractivity contribution < 1.29 is 0 Å². The maximum atomic E-state index is 7.23. The number of aryl methyl sites for hydroxylation is 1. The molecule has 23 heavy (non-hydrogen) atoms. The Balaban J connectivity index is 2.17. The van der Waals surface area contributed by atoms with Crippen LogP contribution >= 0.6 is 0 Å². The lowest BCUT2D eigenvalue weighted by molar-refractivity contribution is 1.22. The first kappa shape index (κ1) is 15.0. The largest absolute Gasteiger partial charge is 0.255 e. The van der Waals surface area contributed by atoms with Gasteiger partial charge in [0.05, 0.1) is 12.3 Å². The fraction of sp³-hybridized carbons (Fsp3) is 0.143. The van der Waals surface area contributed by atoms with Crippen molar-refractivity contribution in [3.8, 4) is 22.4 Å². The molecule has 1 aromatic heterocycles. The third kappa shape index (κ3) is 2.74. The van der Waals surface area contributed by atoms with Gasteiger partial charge < -0.3 is 0 Å². The highest BCUT2D eigenvalue weighted by Crippen LogP contribution is 2.34. The summed E-state index contributed by atoms with van der Waals surface area (Å²) in [6, 6.07) is 16.1. The maximum Gasteiger partial charge on any atom is 0.187 e. The van der Waals surface area contributed by atoms with Crippen LogP contribution in [0.1, 0.15) is 16.7 Å². The number of pyridine rings is 1. The van der Waals surface area contributed by atoms with Gasteiger partial charge in [0.1, 0.15) is 0 Å². The Hall–Kier alpha value is -2.92. The zero-order valence-electron chi connectivity index (χ0n) is 13.6. The molecule has 0 spiro atoms. The first-order valence-electron chi connectivity index (χ1n) is 7.62. The lowest BCUT2D eigenvalue weighted by Crippen LogP contribution is -1.96. The summed E-state index contributed by atoms with van der Waals surface area (Å²) < 4.78 is 0. The monoisotopic (exact) mass is 298 g/mol. The second-order valence-electron chi connectivity index (χ2n) is 5.75. The number of benzene rings is 2. The second-order valence-corrected chi connectivity index (χ2v) is 5.75. The normalized spacial score (nSPS) is 10.3. The minimum absolute atomic E-state index is 0.662. The van der Waals surface area contributed by atoms with E-state index in [1.807, 2.05) is 42.6 Å². The molecule has 112 valence electrons.